The Hall–Kier alpha value is -2.50. The Balaban J connectivity index is 2.35. The van der Waals surface area contributed by atoms with Crippen molar-refractivity contribution in [2.75, 3.05) is 13.7 Å². The average Bonchev–Trinajstić information content (AvgIpc) is 2.60. The van der Waals surface area contributed by atoms with Crippen LogP contribution in [-0.4, -0.2) is 35.5 Å². The first kappa shape index (κ1) is 12.9. The molecule has 100 valence electrons. The number of hydrogen-bond donors (Lipinski definition) is 3. The van der Waals surface area contributed by atoms with Crippen LogP contribution in [0.2, 0.25) is 0 Å². The molecule has 2 rings (SSSR count). The molecule has 3 N–H and O–H groups in total. The Labute approximate surface area is 110 Å². The van der Waals surface area contributed by atoms with Gasteiger partial charge >= 0.3 is 0 Å². The van der Waals surface area contributed by atoms with Gasteiger partial charge in [0.15, 0.2) is 11.5 Å². The zero-order valence-corrected chi connectivity index (χ0v) is 10.7. The van der Waals surface area contributed by atoms with Crippen molar-refractivity contribution in [1.29, 1.82) is 5.41 Å². The predicted octanol–water partition coefficient (Wildman–Crippen LogP) is 1.13. The maximum absolute atomic E-state index is 11.6. The van der Waals surface area contributed by atoms with Crippen LogP contribution in [0.3, 0.4) is 0 Å². The summed E-state index contributed by atoms with van der Waals surface area (Å²) in [4.78, 5) is 13.1. The SMILES string of the molecule is CCOc1cc(/C=C2\C(=O)NC(=N)N2C)ccc1O. The molecule has 1 amide bonds. The zero-order valence-electron chi connectivity index (χ0n) is 10.7. The fourth-order valence-electron chi connectivity index (χ4n) is 1.74. The highest BCUT2D eigenvalue weighted by Crippen LogP contribution is 2.28. The monoisotopic (exact) mass is 261 g/mol. The first-order valence-corrected chi connectivity index (χ1v) is 5.84. The van der Waals surface area contributed by atoms with Gasteiger partial charge in [0, 0.05) is 7.05 Å². The van der Waals surface area contributed by atoms with Gasteiger partial charge in [-0.05, 0) is 30.7 Å². The van der Waals surface area contributed by atoms with Crippen molar-refractivity contribution in [1.82, 2.24) is 10.2 Å². The lowest BCUT2D eigenvalue weighted by molar-refractivity contribution is -0.115. The normalized spacial score (nSPS) is 16.9. The lowest BCUT2D eigenvalue weighted by atomic mass is 10.1. The minimum Gasteiger partial charge on any atom is -0.504 e. The van der Waals surface area contributed by atoms with Crippen molar-refractivity contribution in [3.63, 3.8) is 0 Å². The maximum Gasteiger partial charge on any atom is 0.274 e. The molecule has 0 radical (unpaired) electrons. The number of aromatic hydroxyl groups is 1. The number of ether oxygens (including phenoxy) is 1. The number of benzene rings is 1. The van der Waals surface area contributed by atoms with Crippen LogP contribution in [0, 0.1) is 5.41 Å². The molecular weight excluding hydrogens is 246 g/mol. The van der Waals surface area contributed by atoms with Crippen molar-refractivity contribution >= 4 is 17.9 Å². The summed E-state index contributed by atoms with van der Waals surface area (Å²) in [6.07, 6.45) is 1.64. The van der Waals surface area contributed by atoms with Gasteiger partial charge in [0.2, 0.25) is 5.96 Å². The van der Waals surface area contributed by atoms with Crippen LogP contribution in [0.15, 0.2) is 23.9 Å². The van der Waals surface area contributed by atoms with Crippen molar-refractivity contribution in [2.24, 2.45) is 0 Å². The molecule has 1 aromatic carbocycles. The van der Waals surface area contributed by atoms with Gasteiger partial charge in [-0.25, -0.2) is 0 Å². The standard InChI is InChI=1S/C13H15N3O3/c1-3-19-11-7-8(4-5-10(11)17)6-9-12(18)15-13(14)16(9)2/h4-7,17H,3H2,1-2H3,(H2,14,15,18)/b9-6+. The number of nitrogens with one attached hydrogen (secondary N) is 2. The average molecular weight is 261 g/mol. The number of nitrogens with zero attached hydrogens (tertiary/aromatic N) is 1. The molecule has 0 aromatic heterocycles. The van der Waals surface area contributed by atoms with E-state index in [9.17, 15) is 9.90 Å². The summed E-state index contributed by atoms with van der Waals surface area (Å²) in [5.74, 6) is 0.146. The molecule has 0 aliphatic carbocycles. The summed E-state index contributed by atoms with van der Waals surface area (Å²) in [6.45, 7) is 2.27. The molecule has 1 aliphatic heterocycles. The van der Waals surface area contributed by atoms with Crippen LogP contribution >= 0.6 is 0 Å². The van der Waals surface area contributed by atoms with Gasteiger partial charge in [-0.3, -0.25) is 15.5 Å². The first-order valence-electron chi connectivity index (χ1n) is 5.84. The summed E-state index contributed by atoms with van der Waals surface area (Å²) in [7, 11) is 1.63. The third kappa shape index (κ3) is 2.52. The van der Waals surface area contributed by atoms with Gasteiger partial charge < -0.3 is 14.7 Å². The molecule has 0 unspecified atom stereocenters. The topological polar surface area (TPSA) is 85.7 Å². The van der Waals surface area contributed by atoms with E-state index in [0.29, 0.717) is 23.6 Å². The predicted molar refractivity (Wildman–Crippen MR) is 70.9 cm³/mol. The summed E-state index contributed by atoms with van der Waals surface area (Å²) < 4.78 is 5.28. The number of rotatable bonds is 3. The van der Waals surface area contributed by atoms with Gasteiger partial charge in [-0.2, -0.15) is 0 Å². The molecular formula is C13H15N3O3. The van der Waals surface area contributed by atoms with E-state index < -0.39 is 0 Å². The highest BCUT2D eigenvalue weighted by atomic mass is 16.5. The second-order valence-electron chi connectivity index (χ2n) is 4.05. The Morgan fingerprint density at radius 1 is 1.53 bits per heavy atom. The molecule has 0 atom stereocenters. The van der Waals surface area contributed by atoms with Crippen LogP contribution in [0.25, 0.3) is 6.08 Å². The number of phenolic OH excluding ortho intramolecular Hbond substituents is 1. The minimum absolute atomic E-state index is 0.0417. The highest BCUT2D eigenvalue weighted by molar-refractivity contribution is 6.14. The van der Waals surface area contributed by atoms with Crippen LogP contribution in [0.4, 0.5) is 0 Å². The number of carbonyl (C=O) groups is 1. The summed E-state index contributed by atoms with van der Waals surface area (Å²) in [5.41, 5.74) is 1.09. The Morgan fingerprint density at radius 3 is 2.84 bits per heavy atom. The Kier molecular flexibility index (Phi) is 3.41. The van der Waals surface area contributed by atoms with Gasteiger partial charge in [0.1, 0.15) is 5.70 Å². The van der Waals surface area contributed by atoms with Crippen LogP contribution < -0.4 is 10.1 Å². The van der Waals surface area contributed by atoms with Gasteiger partial charge in [0.25, 0.3) is 5.91 Å². The molecule has 1 aromatic rings. The van der Waals surface area contributed by atoms with E-state index in [2.05, 4.69) is 5.32 Å². The molecule has 6 heteroatoms. The largest absolute Gasteiger partial charge is 0.504 e. The van der Waals surface area contributed by atoms with E-state index in [-0.39, 0.29) is 17.6 Å². The highest BCUT2D eigenvalue weighted by Gasteiger charge is 2.26. The van der Waals surface area contributed by atoms with Crippen LogP contribution in [0.5, 0.6) is 11.5 Å². The molecule has 1 heterocycles. The summed E-state index contributed by atoms with van der Waals surface area (Å²) in [5, 5.41) is 19.5. The van der Waals surface area contributed by atoms with Crippen LogP contribution in [-0.2, 0) is 4.79 Å². The summed E-state index contributed by atoms with van der Waals surface area (Å²) >= 11 is 0. The van der Waals surface area contributed by atoms with Crippen molar-refractivity contribution < 1.29 is 14.6 Å². The molecule has 6 nitrogen and oxygen atoms in total. The van der Waals surface area contributed by atoms with E-state index in [4.69, 9.17) is 10.1 Å². The zero-order chi connectivity index (χ0) is 14.0. The number of guanidine groups is 1. The second kappa shape index (κ2) is 5.01. The lowest BCUT2D eigenvalue weighted by Crippen LogP contribution is -2.25. The van der Waals surface area contributed by atoms with E-state index >= 15 is 0 Å². The quantitative estimate of drug-likeness (QED) is 0.712. The van der Waals surface area contributed by atoms with Crippen LogP contribution in [0.1, 0.15) is 12.5 Å². The van der Waals surface area contributed by atoms with Gasteiger partial charge in [-0.1, -0.05) is 6.07 Å². The van der Waals surface area contributed by atoms with Gasteiger partial charge in [0.05, 0.1) is 6.61 Å². The lowest BCUT2D eigenvalue weighted by Gasteiger charge is -2.10. The number of phenols is 1. The smallest absolute Gasteiger partial charge is 0.274 e. The molecule has 0 saturated carbocycles. The van der Waals surface area contributed by atoms with Crippen molar-refractivity contribution in [2.45, 2.75) is 6.92 Å². The van der Waals surface area contributed by atoms with E-state index in [1.165, 1.54) is 11.0 Å². The Morgan fingerprint density at radius 2 is 2.26 bits per heavy atom. The first-order chi connectivity index (χ1) is 9.02. The number of likely N-dealkylation sites (N-methyl/N-ethyl adjacent to an activating group) is 1. The molecule has 19 heavy (non-hydrogen) atoms. The second-order valence-corrected chi connectivity index (χ2v) is 4.05. The fraction of sp³-hybridized carbons (Fsp3) is 0.231. The van der Waals surface area contributed by atoms with Gasteiger partial charge in [-0.15, -0.1) is 0 Å². The van der Waals surface area contributed by atoms with E-state index in [0.717, 1.165) is 0 Å². The summed E-state index contributed by atoms with van der Waals surface area (Å²) in [6, 6.07) is 4.83. The number of hydrogen-bond acceptors (Lipinski definition) is 4. The van der Waals surface area contributed by atoms with E-state index in [1.54, 1.807) is 25.3 Å². The van der Waals surface area contributed by atoms with E-state index in [1.807, 2.05) is 6.92 Å². The molecule has 0 spiro atoms. The molecule has 1 aliphatic rings. The minimum atomic E-state index is -0.321. The third-order valence-electron chi connectivity index (χ3n) is 2.75. The van der Waals surface area contributed by atoms with Crippen molar-refractivity contribution in [3.05, 3.63) is 29.5 Å². The number of amides is 1. The molecule has 1 saturated heterocycles. The molecule has 1 fully saturated rings. The van der Waals surface area contributed by atoms with Crippen molar-refractivity contribution in [3.8, 4) is 11.5 Å². The molecule has 0 bridgehead atoms. The third-order valence-corrected chi connectivity index (χ3v) is 2.75. The maximum atomic E-state index is 11.6. The fourth-order valence-corrected chi connectivity index (χ4v) is 1.74. The number of carbonyl (C=O) groups excluding carboxylic acids is 1. The Bertz CT molecular complexity index is 566.